The second kappa shape index (κ2) is 9.68. The van der Waals surface area contributed by atoms with Gasteiger partial charge in [0, 0.05) is 24.8 Å². The number of likely N-dealkylation sites (N-methyl/N-ethyl adjacent to an activating group) is 1. The minimum absolute atomic E-state index is 0.152. The summed E-state index contributed by atoms with van der Waals surface area (Å²) in [5, 5.41) is 5.48. The van der Waals surface area contributed by atoms with Crippen molar-refractivity contribution < 1.29 is 18.7 Å². The van der Waals surface area contributed by atoms with E-state index in [4.69, 9.17) is 4.74 Å². The van der Waals surface area contributed by atoms with Gasteiger partial charge in [-0.3, -0.25) is 14.5 Å². The van der Waals surface area contributed by atoms with Gasteiger partial charge in [-0.05, 0) is 48.5 Å². The van der Waals surface area contributed by atoms with Gasteiger partial charge in [0.25, 0.3) is 0 Å². The molecule has 2 rings (SSSR count). The molecule has 0 atom stereocenters. The zero-order chi connectivity index (χ0) is 19.8. The van der Waals surface area contributed by atoms with Crippen molar-refractivity contribution in [2.24, 2.45) is 0 Å². The van der Waals surface area contributed by atoms with Crippen LogP contribution in [0.2, 0.25) is 0 Å². The van der Waals surface area contributed by atoms with Crippen molar-refractivity contribution in [3.05, 3.63) is 53.8 Å². The Morgan fingerprint density at radius 1 is 1.07 bits per heavy atom. The van der Waals surface area contributed by atoms with Crippen LogP contribution < -0.4 is 15.4 Å². The summed E-state index contributed by atoms with van der Waals surface area (Å²) in [6.45, 7) is 4.64. The maximum atomic E-state index is 13.8. The molecule has 2 aromatic carbocycles. The number of rotatable bonds is 8. The first-order valence-corrected chi connectivity index (χ1v) is 8.63. The highest BCUT2D eigenvalue weighted by Crippen LogP contribution is 2.19. The summed E-state index contributed by atoms with van der Waals surface area (Å²) >= 11 is 0. The standard InChI is InChI=1S/C20H24FN3O3/c1-4-24(12-15-5-10-19(27-3)18(21)11-15)13-20(26)23-17-8-6-16(7-9-17)22-14(2)25/h5-11H,4,12-13H2,1-3H3,(H,22,25)(H,23,26). The van der Waals surface area contributed by atoms with E-state index in [1.165, 1.54) is 20.1 Å². The largest absolute Gasteiger partial charge is 0.494 e. The molecule has 0 heterocycles. The van der Waals surface area contributed by atoms with Crippen LogP contribution in [0.4, 0.5) is 15.8 Å². The molecule has 0 aromatic heterocycles. The van der Waals surface area contributed by atoms with Crippen LogP contribution in [0, 0.1) is 5.82 Å². The molecule has 0 spiro atoms. The first kappa shape index (κ1) is 20.4. The minimum Gasteiger partial charge on any atom is -0.494 e. The first-order valence-electron chi connectivity index (χ1n) is 8.63. The Bertz CT molecular complexity index is 794. The lowest BCUT2D eigenvalue weighted by Crippen LogP contribution is -2.32. The zero-order valence-corrected chi connectivity index (χ0v) is 15.7. The number of amides is 2. The van der Waals surface area contributed by atoms with Crippen LogP contribution in [0.15, 0.2) is 42.5 Å². The SMILES string of the molecule is CCN(CC(=O)Nc1ccc(NC(C)=O)cc1)Cc1ccc(OC)c(F)c1. The second-order valence-electron chi connectivity index (χ2n) is 6.08. The number of carbonyl (C=O) groups is 2. The molecule has 0 unspecified atom stereocenters. The fourth-order valence-corrected chi connectivity index (χ4v) is 2.59. The lowest BCUT2D eigenvalue weighted by molar-refractivity contribution is -0.117. The van der Waals surface area contributed by atoms with Crippen molar-refractivity contribution in [2.75, 3.05) is 30.8 Å². The van der Waals surface area contributed by atoms with Crippen LogP contribution in [0.3, 0.4) is 0 Å². The van der Waals surface area contributed by atoms with Gasteiger partial charge in [-0.2, -0.15) is 0 Å². The number of benzene rings is 2. The molecule has 6 nitrogen and oxygen atoms in total. The summed E-state index contributed by atoms with van der Waals surface area (Å²) < 4.78 is 18.7. The van der Waals surface area contributed by atoms with Crippen molar-refractivity contribution in [1.29, 1.82) is 0 Å². The van der Waals surface area contributed by atoms with Crippen LogP contribution in [0.1, 0.15) is 19.4 Å². The molecule has 2 amide bonds. The Morgan fingerprint density at radius 2 is 1.70 bits per heavy atom. The summed E-state index contributed by atoms with van der Waals surface area (Å²) in [6.07, 6.45) is 0. The van der Waals surface area contributed by atoms with E-state index >= 15 is 0 Å². The second-order valence-corrected chi connectivity index (χ2v) is 6.08. The molecule has 2 aromatic rings. The molecule has 2 N–H and O–H groups in total. The number of nitrogens with one attached hydrogen (secondary N) is 2. The van der Waals surface area contributed by atoms with Crippen molar-refractivity contribution in [3.63, 3.8) is 0 Å². The summed E-state index contributed by atoms with van der Waals surface area (Å²) in [5.41, 5.74) is 2.07. The number of halogens is 1. The summed E-state index contributed by atoms with van der Waals surface area (Å²) in [5.74, 6) is -0.546. The molecule has 0 saturated heterocycles. The van der Waals surface area contributed by atoms with Crippen LogP contribution in [0.5, 0.6) is 5.75 Å². The van der Waals surface area contributed by atoms with Gasteiger partial charge in [0.05, 0.1) is 13.7 Å². The number of carbonyl (C=O) groups excluding carboxylic acids is 2. The van der Waals surface area contributed by atoms with Crippen molar-refractivity contribution in [1.82, 2.24) is 4.90 Å². The number of methoxy groups -OCH3 is 1. The third kappa shape index (κ3) is 6.38. The average molecular weight is 373 g/mol. The van der Waals surface area contributed by atoms with Crippen molar-refractivity contribution in [3.8, 4) is 5.75 Å². The molecule has 0 aliphatic carbocycles. The topological polar surface area (TPSA) is 70.7 Å². The highest BCUT2D eigenvalue weighted by Gasteiger charge is 2.12. The molecule has 0 radical (unpaired) electrons. The number of nitrogens with zero attached hydrogens (tertiary/aromatic N) is 1. The van der Waals surface area contributed by atoms with Crippen LogP contribution in [0.25, 0.3) is 0 Å². The van der Waals surface area contributed by atoms with Gasteiger partial charge in [-0.1, -0.05) is 13.0 Å². The minimum atomic E-state index is -0.422. The number of ether oxygens (including phenoxy) is 1. The Labute approximate surface area is 158 Å². The molecule has 0 bridgehead atoms. The predicted molar refractivity (Wildman–Crippen MR) is 103 cm³/mol. The van der Waals surface area contributed by atoms with E-state index in [9.17, 15) is 14.0 Å². The normalized spacial score (nSPS) is 10.6. The molecule has 0 saturated carbocycles. The van der Waals surface area contributed by atoms with E-state index in [0.29, 0.717) is 24.5 Å². The van der Waals surface area contributed by atoms with Gasteiger partial charge in [0.1, 0.15) is 0 Å². The molecular weight excluding hydrogens is 349 g/mol. The maximum absolute atomic E-state index is 13.8. The van der Waals surface area contributed by atoms with E-state index in [-0.39, 0.29) is 24.1 Å². The van der Waals surface area contributed by atoms with E-state index in [1.807, 2.05) is 11.8 Å². The molecule has 0 aliphatic rings. The van der Waals surface area contributed by atoms with Crippen LogP contribution >= 0.6 is 0 Å². The summed E-state index contributed by atoms with van der Waals surface area (Å²) in [7, 11) is 1.42. The lowest BCUT2D eigenvalue weighted by Gasteiger charge is -2.20. The fourth-order valence-electron chi connectivity index (χ4n) is 2.59. The van der Waals surface area contributed by atoms with Crippen LogP contribution in [-0.4, -0.2) is 36.9 Å². The molecule has 7 heteroatoms. The van der Waals surface area contributed by atoms with Crippen molar-refractivity contribution >= 4 is 23.2 Å². The Morgan fingerprint density at radius 3 is 2.22 bits per heavy atom. The average Bonchev–Trinajstić information content (AvgIpc) is 2.62. The van der Waals surface area contributed by atoms with Gasteiger partial charge >= 0.3 is 0 Å². The van der Waals surface area contributed by atoms with Gasteiger partial charge in [0.2, 0.25) is 11.8 Å². The van der Waals surface area contributed by atoms with Gasteiger partial charge in [-0.15, -0.1) is 0 Å². The molecule has 27 heavy (non-hydrogen) atoms. The zero-order valence-electron chi connectivity index (χ0n) is 15.7. The first-order chi connectivity index (χ1) is 12.9. The third-order valence-corrected chi connectivity index (χ3v) is 3.93. The molecule has 0 fully saturated rings. The number of anilines is 2. The van der Waals surface area contributed by atoms with Gasteiger partial charge in [0.15, 0.2) is 11.6 Å². The quantitative estimate of drug-likeness (QED) is 0.745. The molecular formula is C20H24FN3O3. The highest BCUT2D eigenvalue weighted by molar-refractivity contribution is 5.93. The Kier molecular flexibility index (Phi) is 7.31. The fraction of sp³-hybridized carbons (Fsp3) is 0.300. The van der Waals surface area contributed by atoms with Crippen LogP contribution in [-0.2, 0) is 16.1 Å². The summed E-state index contributed by atoms with van der Waals surface area (Å²) in [6, 6.07) is 11.7. The van der Waals surface area contributed by atoms with Gasteiger partial charge in [-0.25, -0.2) is 4.39 Å². The lowest BCUT2D eigenvalue weighted by atomic mass is 10.2. The van der Waals surface area contributed by atoms with E-state index in [0.717, 1.165) is 5.56 Å². The van der Waals surface area contributed by atoms with Crippen molar-refractivity contribution in [2.45, 2.75) is 20.4 Å². The highest BCUT2D eigenvalue weighted by atomic mass is 19.1. The Balaban J connectivity index is 1.92. The molecule has 0 aliphatic heterocycles. The number of hydrogen-bond acceptors (Lipinski definition) is 4. The van der Waals surface area contributed by atoms with Gasteiger partial charge < -0.3 is 15.4 Å². The Hall–Kier alpha value is -2.93. The number of hydrogen-bond donors (Lipinski definition) is 2. The summed E-state index contributed by atoms with van der Waals surface area (Å²) in [4.78, 5) is 25.2. The van der Waals surface area contributed by atoms with E-state index in [2.05, 4.69) is 10.6 Å². The van der Waals surface area contributed by atoms with E-state index < -0.39 is 5.82 Å². The maximum Gasteiger partial charge on any atom is 0.238 e. The third-order valence-electron chi connectivity index (χ3n) is 3.93. The molecule has 144 valence electrons. The van der Waals surface area contributed by atoms with E-state index in [1.54, 1.807) is 36.4 Å². The monoisotopic (exact) mass is 373 g/mol. The predicted octanol–water partition coefficient (Wildman–Crippen LogP) is 3.25. The smallest absolute Gasteiger partial charge is 0.238 e.